The fourth-order valence-corrected chi connectivity index (χ4v) is 3.83. The van der Waals surface area contributed by atoms with Gasteiger partial charge < -0.3 is 21.5 Å². The van der Waals surface area contributed by atoms with Crippen molar-refractivity contribution in [1.29, 1.82) is 5.26 Å². The lowest BCUT2D eigenvalue weighted by molar-refractivity contribution is -0.137. The van der Waals surface area contributed by atoms with Gasteiger partial charge in [-0.3, -0.25) is 14.4 Å². The molecule has 9 nitrogen and oxygen atoms in total. The topological polar surface area (TPSA) is 163 Å². The Hall–Kier alpha value is -3.93. The summed E-state index contributed by atoms with van der Waals surface area (Å²) in [5, 5.41) is 18.3. The summed E-state index contributed by atoms with van der Waals surface area (Å²) in [7, 11) is 0. The van der Waals surface area contributed by atoms with E-state index in [9.17, 15) is 19.6 Å². The first-order valence-electron chi connectivity index (χ1n) is 9.91. The lowest BCUT2D eigenvalue weighted by Gasteiger charge is -2.24. The van der Waals surface area contributed by atoms with E-state index in [1.54, 1.807) is 18.2 Å². The van der Waals surface area contributed by atoms with E-state index in [-0.39, 0.29) is 31.1 Å². The average Bonchev–Trinajstić information content (AvgIpc) is 3.03. The van der Waals surface area contributed by atoms with Crippen molar-refractivity contribution in [2.24, 2.45) is 5.73 Å². The largest absolute Gasteiger partial charge is 0.481 e. The quantitative estimate of drug-likeness (QED) is 0.585. The zero-order chi connectivity index (χ0) is 22.7. The number of nitrogen functional groups attached to an aromatic ring is 1. The molecule has 1 aromatic heterocycles. The number of benzene rings is 1. The van der Waals surface area contributed by atoms with Crippen LogP contribution < -0.4 is 11.5 Å². The fraction of sp³-hybridized carbons (Fsp3) is 0.318. The zero-order valence-electron chi connectivity index (χ0n) is 17.1. The Bertz CT molecular complexity index is 1110. The van der Waals surface area contributed by atoms with Crippen LogP contribution in [0.3, 0.4) is 0 Å². The molecule has 160 valence electrons. The van der Waals surface area contributed by atoms with Crippen LogP contribution in [0.5, 0.6) is 0 Å². The predicted molar refractivity (Wildman–Crippen MR) is 113 cm³/mol. The molecule has 2 amide bonds. The van der Waals surface area contributed by atoms with Gasteiger partial charge in [0, 0.05) is 24.1 Å². The lowest BCUT2D eigenvalue weighted by atomic mass is 9.99. The molecule has 5 N–H and O–H groups in total. The molecule has 0 fully saturated rings. The Morgan fingerprint density at radius 2 is 2.10 bits per heavy atom. The minimum Gasteiger partial charge on any atom is -0.481 e. The van der Waals surface area contributed by atoms with Crippen LogP contribution in [0.4, 0.5) is 5.82 Å². The van der Waals surface area contributed by atoms with Crippen molar-refractivity contribution < 1.29 is 19.5 Å². The zero-order valence-corrected chi connectivity index (χ0v) is 17.1. The molecular formula is C22H23N5O4. The number of anilines is 1. The maximum atomic E-state index is 12.8. The van der Waals surface area contributed by atoms with E-state index in [1.807, 2.05) is 13.0 Å². The summed E-state index contributed by atoms with van der Waals surface area (Å²) >= 11 is 0. The van der Waals surface area contributed by atoms with Crippen molar-refractivity contribution in [2.45, 2.75) is 45.2 Å². The number of rotatable bonds is 8. The van der Waals surface area contributed by atoms with Crippen LogP contribution in [0, 0.1) is 11.3 Å². The summed E-state index contributed by atoms with van der Waals surface area (Å²) in [5.74, 6) is -2.02. The van der Waals surface area contributed by atoms with Crippen molar-refractivity contribution in [1.82, 2.24) is 9.88 Å². The second kappa shape index (κ2) is 8.83. The molecule has 1 atom stereocenters. The normalized spacial score (nSPS) is 13.5. The predicted octanol–water partition coefficient (Wildman–Crippen LogP) is 1.83. The van der Waals surface area contributed by atoms with Gasteiger partial charge in [0.1, 0.15) is 17.9 Å². The molecule has 1 unspecified atom stereocenters. The summed E-state index contributed by atoms with van der Waals surface area (Å²) in [5.41, 5.74) is 15.0. The van der Waals surface area contributed by atoms with E-state index in [0.717, 1.165) is 17.5 Å². The number of primary amides is 1. The van der Waals surface area contributed by atoms with Gasteiger partial charge in [0.05, 0.1) is 11.3 Å². The molecular weight excluding hydrogens is 398 g/mol. The molecule has 0 saturated heterocycles. The van der Waals surface area contributed by atoms with Crippen LogP contribution in [0.1, 0.15) is 53.2 Å². The monoisotopic (exact) mass is 421 g/mol. The first-order valence-corrected chi connectivity index (χ1v) is 9.91. The number of carbonyl (C=O) groups excluding carboxylic acids is 2. The first kappa shape index (κ1) is 21.8. The maximum absolute atomic E-state index is 12.8. The number of nitrogens with two attached hydrogens (primary N) is 2. The number of nitriles is 1. The Kier molecular flexibility index (Phi) is 6.20. The van der Waals surface area contributed by atoms with Gasteiger partial charge in [0.15, 0.2) is 0 Å². The highest BCUT2D eigenvalue weighted by molar-refractivity contribution is 6.01. The summed E-state index contributed by atoms with van der Waals surface area (Å²) in [4.78, 5) is 41.2. The molecule has 0 spiro atoms. The molecule has 0 bridgehead atoms. The number of pyridine rings is 1. The van der Waals surface area contributed by atoms with Crippen molar-refractivity contribution in [3.8, 4) is 17.3 Å². The third-order valence-electron chi connectivity index (χ3n) is 5.33. The van der Waals surface area contributed by atoms with Crippen molar-refractivity contribution >= 4 is 23.6 Å². The van der Waals surface area contributed by atoms with E-state index >= 15 is 0 Å². The van der Waals surface area contributed by atoms with Gasteiger partial charge in [-0.05, 0) is 42.2 Å². The van der Waals surface area contributed by atoms with Crippen molar-refractivity contribution in [3.63, 3.8) is 0 Å². The molecule has 1 aromatic carbocycles. The number of hydrogen-bond donors (Lipinski definition) is 3. The second-order valence-electron chi connectivity index (χ2n) is 7.44. The minimum absolute atomic E-state index is 0.0503. The van der Waals surface area contributed by atoms with Gasteiger partial charge in [-0.25, -0.2) is 4.98 Å². The number of fused-ring (bicyclic) bond motifs is 1. The Balaban J connectivity index is 1.94. The number of amides is 2. The summed E-state index contributed by atoms with van der Waals surface area (Å²) in [6, 6.07) is 8.11. The van der Waals surface area contributed by atoms with Crippen LogP contribution in [0.25, 0.3) is 11.3 Å². The number of carboxylic acid groups (broad SMARTS) is 1. The third-order valence-corrected chi connectivity index (χ3v) is 5.33. The summed E-state index contributed by atoms with van der Waals surface area (Å²) < 4.78 is 0. The van der Waals surface area contributed by atoms with Crippen LogP contribution in [-0.2, 0) is 22.6 Å². The first-order chi connectivity index (χ1) is 14.8. The molecule has 2 heterocycles. The Labute approximate surface area is 179 Å². The number of aryl methyl sites for hydroxylation is 1. The highest BCUT2D eigenvalue weighted by Crippen LogP contribution is 2.31. The minimum atomic E-state index is -1.06. The van der Waals surface area contributed by atoms with Crippen molar-refractivity contribution in [3.05, 3.63) is 46.5 Å². The van der Waals surface area contributed by atoms with E-state index < -0.39 is 17.9 Å². The van der Waals surface area contributed by atoms with Crippen LogP contribution in [0.2, 0.25) is 0 Å². The summed E-state index contributed by atoms with van der Waals surface area (Å²) in [6.45, 7) is 2.15. The summed E-state index contributed by atoms with van der Waals surface area (Å²) in [6.07, 6.45) is 1.21. The van der Waals surface area contributed by atoms with Gasteiger partial charge >= 0.3 is 5.97 Å². The van der Waals surface area contributed by atoms with Gasteiger partial charge in [0.2, 0.25) is 5.91 Å². The van der Waals surface area contributed by atoms with Crippen LogP contribution in [-0.4, -0.2) is 38.8 Å². The Morgan fingerprint density at radius 3 is 2.71 bits per heavy atom. The number of carbonyl (C=O) groups is 3. The molecule has 1 aliphatic rings. The molecule has 0 aliphatic carbocycles. The van der Waals surface area contributed by atoms with Gasteiger partial charge in [-0.2, -0.15) is 5.26 Å². The van der Waals surface area contributed by atoms with Crippen LogP contribution >= 0.6 is 0 Å². The van der Waals surface area contributed by atoms with Crippen molar-refractivity contribution in [2.75, 3.05) is 5.73 Å². The SMILES string of the molecule is CCCc1cc(-c2ccc3c(c2)CN(C(CCC(=O)O)C(N)=O)C3=O)nc(N)c1C#N. The highest BCUT2D eigenvalue weighted by atomic mass is 16.4. The smallest absolute Gasteiger partial charge is 0.303 e. The van der Waals surface area contributed by atoms with Gasteiger partial charge in [0.25, 0.3) is 5.91 Å². The van der Waals surface area contributed by atoms with Gasteiger partial charge in [-0.15, -0.1) is 0 Å². The number of aliphatic carboxylic acids is 1. The van der Waals surface area contributed by atoms with Gasteiger partial charge in [-0.1, -0.05) is 19.4 Å². The van der Waals surface area contributed by atoms with E-state index in [2.05, 4.69) is 11.1 Å². The second-order valence-corrected chi connectivity index (χ2v) is 7.44. The lowest BCUT2D eigenvalue weighted by Crippen LogP contribution is -2.45. The fourth-order valence-electron chi connectivity index (χ4n) is 3.83. The third kappa shape index (κ3) is 4.33. The van der Waals surface area contributed by atoms with E-state index in [1.165, 1.54) is 4.90 Å². The molecule has 1 aliphatic heterocycles. The highest BCUT2D eigenvalue weighted by Gasteiger charge is 2.35. The number of hydrogen-bond acceptors (Lipinski definition) is 6. The molecule has 9 heteroatoms. The molecule has 3 rings (SSSR count). The molecule has 2 aromatic rings. The maximum Gasteiger partial charge on any atom is 0.303 e. The number of carboxylic acids is 1. The molecule has 31 heavy (non-hydrogen) atoms. The number of nitrogens with zero attached hydrogens (tertiary/aromatic N) is 3. The standard InChI is InChI=1S/C22H23N5O4/c1-2-3-12-9-17(26-20(24)16(12)10-23)13-4-5-15-14(8-13)11-27(22(15)31)18(21(25)30)6-7-19(28)29/h4-5,8-9,18H,2-3,6-7,11H2,1H3,(H2,24,26)(H2,25,30)(H,28,29). The molecule has 0 saturated carbocycles. The molecule has 0 radical (unpaired) electrons. The van der Waals surface area contributed by atoms with E-state index in [0.29, 0.717) is 28.8 Å². The van der Waals surface area contributed by atoms with E-state index in [4.69, 9.17) is 16.6 Å². The average molecular weight is 421 g/mol. The Morgan fingerprint density at radius 1 is 1.35 bits per heavy atom. The van der Waals surface area contributed by atoms with Crippen LogP contribution in [0.15, 0.2) is 24.3 Å². The number of aromatic nitrogens is 1.